The SMILES string of the molecule is C=CCOC(=O)OC1CCC2C(=O)C(Oc3ccc(C(C)(C)C)cc3)=COC2C1. The first-order valence-electron chi connectivity index (χ1n) is 9.90. The van der Waals surface area contributed by atoms with Crippen molar-refractivity contribution in [1.82, 2.24) is 0 Å². The van der Waals surface area contributed by atoms with Crippen LogP contribution in [-0.4, -0.2) is 30.8 Å². The number of carbonyl (C=O) groups excluding carboxylic acids is 2. The second kappa shape index (κ2) is 8.72. The van der Waals surface area contributed by atoms with Crippen molar-refractivity contribution in [2.75, 3.05) is 6.61 Å². The van der Waals surface area contributed by atoms with Crippen molar-refractivity contribution >= 4 is 11.9 Å². The molecular formula is C23H28O6. The van der Waals surface area contributed by atoms with E-state index in [1.807, 2.05) is 24.3 Å². The standard InChI is InChI=1S/C23H28O6/c1-5-12-26-22(25)29-17-10-11-18-19(13-17)27-14-20(21(18)24)28-16-8-6-15(7-9-16)23(2,3)4/h5-9,14,17-19H,1,10-13H2,2-4H3. The van der Waals surface area contributed by atoms with Gasteiger partial charge < -0.3 is 18.9 Å². The normalized spacial score (nSPS) is 23.9. The van der Waals surface area contributed by atoms with Crippen molar-refractivity contribution in [3.8, 4) is 5.75 Å². The highest BCUT2D eigenvalue weighted by Crippen LogP contribution is 2.35. The van der Waals surface area contributed by atoms with E-state index >= 15 is 0 Å². The van der Waals surface area contributed by atoms with Crippen LogP contribution in [0.1, 0.15) is 45.6 Å². The summed E-state index contributed by atoms with van der Waals surface area (Å²) < 4.78 is 21.7. The second-order valence-electron chi connectivity index (χ2n) is 8.41. The highest BCUT2D eigenvalue weighted by Gasteiger charge is 2.42. The molecule has 0 saturated heterocycles. The summed E-state index contributed by atoms with van der Waals surface area (Å²) in [6.45, 7) is 10.0. The maximum atomic E-state index is 12.8. The Bertz CT molecular complexity index is 787. The molecule has 2 aliphatic rings. The third kappa shape index (κ3) is 5.19. The van der Waals surface area contributed by atoms with Gasteiger partial charge in [0.2, 0.25) is 11.5 Å². The average molecular weight is 400 g/mol. The molecule has 3 unspecified atom stereocenters. The molecule has 29 heavy (non-hydrogen) atoms. The van der Waals surface area contributed by atoms with Crippen molar-refractivity contribution in [2.24, 2.45) is 5.92 Å². The fourth-order valence-electron chi connectivity index (χ4n) is 3.56. The van der Waals surface area contributed by atoms with Gasteiger partial charge >= 0.3 is 6.16 Å². The summed E-state index contributed by atoms with van der Waals surface area (Å²) in [5.74, 6) is 0.433. The third-order valence-corrected chi connectivity index (χ3v) is 5.20. The van der Waals surface area contributed by atoms with Gasteiger partial charge in [0.15, 0.2) is 0 Å². The Balaban J connectivity index is 1.59. The number of Topliss-reactive ketones (excluding diaryl/α,β-unsaturated/α-hetero) is 1. The van der Waals surface area contributed by atoms with Crippen LogP contribution in [-0.2, 0) is 24.4 Å². The summed E-state index contributed by atoms with van der Waals surface area (Å²) in [6.07, 6.45) is 3.05. The summed E-state index contributed by atoms with van der Waals surface area (Å²) in [4.78, 5) is 24.4. The molecular weight excluding hydrogens is 372 g/mol. The fraction of sp³-hybridized carbons (Fsp3) is 0.478. The molecule has 0 N–H and O–H groups in total. The molecule has 1 aliphatic heterocycles. The van der Waals surface area contributed by atoms with Gasteiger partial charge in [0.25, 0.3) is 0 Å². The highest BCUT2D eigenvalue weighted by atomic mass is 16.7. The van der Waals surface area contributed by atoms with E-state index in [2.05, 4.69) is 27.4 Å². The number of ether oxygens (including phenoxy) is 4. The minimum absolute atomic E-state index is 0.0492. The van der Waals surface area contributed by atoms with E-state index in [0.29, 0.717) is 25.0 Å². The van der Waals surface area contributed by atoms with Gasteiger partial charge in [-0.2, -0.15) is 0 Å². The molecule has 1 saturated carbocycles. The number of ketones is 1. The number of hydrogen-bond acceptors (Lipinski definition) is 6. The molecule has 1 heterocycles. The Morgan fingerprint density at radius 1 is 1.24 bits per heavy atom. The zero-order valence-corrected chi connectivity index (χ0v) is 17.2. The third-order valence-electron chi connectivity index (χ3n) is 5.20. The van der Waals surface area contributed by atoms with E-state index < -0.39 is 6.16 Å². The monoisotopic (exact) mass is 400 g/mol. The summed E-state index contributed by atoms with van der Waals surface area (Å²) in [5, 5.41) is 0. The van der Waals surface area contributed by atoms with E-state index in [4.69, 9.17) is 18.9 Å². The predicted octanol–water partition coefficient (Wildman–Crippen LogP) is 4.68. The first kappa shape index (κ1) is 21.0. The Morgan fingerprint density at radius 3 is 2.62 bits per heavy atom. The van der Waals surface area contributed by atoms with Gasteiger partial charge in [0, 0.05) is 6.42 Å². The van der Waals surface area contributed by atoms with E-state index in [0.717, 1.165) is 0 Å². The van der Waals surface area contributed by atoms with Crippen LogP contribution in [0.5, 0.6) is 5.75 Å². The maximum Gasteiger partial charge on any atom is 0.508 e. The van der Waals surface area contributed by atoms with Gasteiger partial charge in [-0.05, 0) is 36.0 Å². The van der Waals surface area contributed by atoms with Crippen molar-refractivity contribution in [3.05, 3.63) is 54.5 Å². The van der Waals surface area contributed by atoms with Crippen LogP contribution in [0.2, 0.25) is 0 Å². The molecule has 0 spiro atoms. The van der Waals surface area contributed by atoms with Crippen molar-refractivity contribution in [1.29, 1.82) is 0 Å². The minimum atomic E-state index is -0.728. The molecule has 3 rings (SSSR count). The highest BCUT2D eigenvalue weighted by molar-refractivity contribution is 5.96. The molecule has 1 aliphatic carbocycles. The van der Waals surface area contributed by atoms with Gasteiger partial charge in [-0.15, -0.1) is 0 Å². The quantitative estimate of drug-likeness (QED) is 0.528. The second-order valence-corrected chi connectivity index (χ2v) is 8.41. The molecule has 0 radical (unpaired) electrons. The molecule has 6 heteroatoms. The first-order chi connectivity index (χ1) is 13.8. The van der Waals surface area contributed by atoms with Crippen molar-refractivity contribution in [2.45, 2.75) is 57.7 Å². The Labute approximate surface area is 171 Å². The van der Waals surface area contributed by atoms with Crippen LogP contribution in [0, 0.1) is 5.92 Å². The lowest BCUT2D eigenvalue weighted by Gasteiger charge is -2.36. The molecule has 0 bridgehead atoms. The number of rotatable bonds is 5. The van der Waals surface area contributed by atoms with Crippen LogP contribution in [0.15, 0.2) is 48.9 Å². The van der Waals surface area contributed by atoms with E-state index in [1.54, 1.807) is 0 Å². The zero-order valence-electron chi connectivity index (χ0n) is 17.2. The predicted molar refractivity (Wildman–Crippen MR) is 107 cm³/mol. The van der Waals surface area contributed by atoms with Gasteiger partial charge in [0.05, 0.1) is 5.92 Å². The zero-order chi connectivity index (χ0) is 21.0. The molecule has 156 valence electrons. The molecule has 0 aromatic heterocycles. The number of fused-ring (bicyclic) bond motifs is 1. The lowest BCUT2D eigenvalue weighted by atomic mass is 9.80. The molecule has 6 nitrogen and oxygen atoms in total. The van der Waals surface area contributed by atoms with Gasteiger partial charge in [-0.1, -0.05) is 45.6 Å². The lowest BCUT2D eigenvalue weighted by Crippen LogP contribution is -2.43. The largest absolute Gasteiger partial charge is 0.508 e. The maximum absolute atomic E-state index is 12.8. The number of carbonyl (C=O) groups is 2. The summed E-state index contributed by atoms with van der Waals surface area (Å²) in [5.41, 5.74) is 1.24. The van der Waals surface area contributed by atoms with Crippen molar-refractivity contribution < 1.29 is 28.5 Å². The van der Waals surface area contributed by atoms with E-state index in [1.165, 1.54) is 17.9 Å². The van der Waals surface area contributed by atoms with Crippen LogP contribution in [0.25, 0.3) is 0 Å². The number of allylic oxidation sites excluding steroid dienone is 1. The number of benzene rings is 1. The molecule has 3 atom stereocenters. The minimum Gasteiger partial charge on any atom is -0.493 e. The first-order valence-corrected chi connectivity index (χ1v) is 9.90. The molecule has 1 aromatic rings. The Hall–Kier alpha value is -2.76. The molecule has 0 amide bonds. The Morgan fingerprint density at radius 2 is 1.97 bits per heavy atom. The fourth-order valence-corrected chi connectivity index (χ4v) is 3.56. The Kier molecular flexibility index (Phi) is 6.30. The van der Waals surface area contributed by atoms with Gasteiger partial charge in [-0.25, -0.2) is 4.79 Å². The lowest BCUT2D eigenvalue weighted by molar-refractivity contribution is -0.132. The van der Waals surface area contributed by atoms with Crippen LogP contribution >= 0.6 is 0 Å². The molecule has 1 fully saturated rings. The summed E-state index contributed by atoms with van der Waals surface area (Å²) in [7, 11) is 0. The van der Waals surface area contributed by atoms with E-state index in [9.17, 15) is 9.59 Å². The number of hydrogen-bond donors (Lipinski definition) is 0. The molecule has 1 aromatic carbocycles. The van der Waals surface area contributed by atoms with E-state index in [-0.39, 0.29) is 41.7 Å². The topological polar surface area (TPSA) is 71.1 Å². The average Bonchev–Trinajstić information content (AvgIpc) is 2.68. The van der Waals surface area contributed by atoms with Gasteiger partial charge in [-0.3, -0.25) is 4.79 Å². The van der Waals surface area contributed by atoms with Crippen molar-refractivity contribution in [3.63, 3.8) is 0 Å². The summed E-state index contributed by atoms with van der Waals surface area (Å²) in [6, 6.07) is 7.72. The smallest absolute Gasteiger partial charge is 0.493 e. The van der Waals surface area contributed by atoms with Crippen LogP contribution in [0.4, 0.5) is 4.79 Å². The van der Waals surface area contributed by atoms with Crippen LogP contribution < -0.4 is 4.74 Å². The van der Waals surface area contributed by atoms with Crippen LogP contribution in [0.3, 0.4) is 0 Å². The van der Waals surface area contributed by atoms with Gasteiger partial charge in [0.1, 0.15) is 30.8 Å². The summed E-state index contributed by atoms with van der Waals surface area (Å²) >= 11 is 0.